The highest BCUT2D eigenvalue weighted by molar-refractivity contribution is 5.80. The van der Waals surface area contributed by atoms with Crippen molar-refractivity contribution in [3.05, 3.63) is 0 Å². The monoisotopic (exact) mass is 320 g/mol. The molecule has 21 heavy (non-hydrogen) atoms. The zero-order chi connectivity index (χ0) is 16.3. The van der Waals surface area contributed by atoms with E-state index in [1.165, 1.54) is 0 Å². The van der Waals surface area contributed by atoms with Gasteiger partial charge in [0, 0.05) is 19.1 Å². The van der Waals surface area contributed by atoms with Crippen LogP contribution in [-0.2, 0) is 4.79 Å². The van der Waals surface area contributed by atoms with Crippen molar-refractivity contribution in [1.29, 1.82) is 0 Å². The second-order valence-electron chi connectivity index (χ2n) is 5.13. The summed E-state index contributed by atoms with van der Waals surface area (Å²) in [7, 11) is 0. The van der Waals surface area contributed by atoms with E-state index in [2.05, 4.69) is 0 Å². The first kappa shape index (κ1) is 18.1. The van der Waals surface area contributed by atoms with Crippen LogP contribution < -0.4 is 5.73 Å². The number of hydrogen-bond donors (Lipinski definition) is 1. The van der Waals surface area contributed by atoms with Crippen molar-refractivity contribution in [3.8, 4) is 0 Å². The van der Waals surface area contributed by atoms with Crippen molar-refractivity contribution >= 4 is 5.91 Å². The third kappa shape index (κ3) is 4.76. The number of nitrogens with two attached hydrogens (primary N) is 1. The summed E-state index contributed by atoms with van der Waals surface area (Å²) in [6.07, 6.45) is -8.26. The molecule has 1 aliphatic carbocycles. The summed E-state index contributed by atoms with van der Waals surface area (Å²) in [5.41, 5.74) is 5.24. The first-order valence-corrected chi connectivity index (χ1v) is 6.73. The van der Waals surface area contributed by atoms with Gasteiger partial charge in [-0.15, -0.1) is 0 Å². The summed E-state index contributed by atoms with van der Waals surface area (Å²) in [5, 5.41) is 0. The van der Waals surface area contributed by atoms with Crippen molar-refractivity contribution < 1.29 is 31.1 Å². The first-order valence-electron chi connectivity index (χ1n) is 6.73. The molecular formula is C12H18F6N2O. The van der Waals surface area contributed by atoms with Crippen LogP contribution in [0, 0.1) is 5.92 Å². The maximum absolute atomic E-state index is 12.6. The van der Waals surface area contributed by atoms with E-state index in [0.717, 1.165) is 6.42 Å². The molecule has 0 radical (unpaired) electrons. The quantitative estimate of drug-likeness (QED) is 0.810. The highest BCUT2D eigenvalue weighted by Gasteiger charge is 2.62. The summed E-state index contributed by atoms with van der Waals surface area (Å²) in [6, 6.07) is -0.595. The van der Waals surface area contributed by atoms with Crippen molar-refractivity contribution in [2.45, 2.75) is 50.5 Å². The zero-order valence-electron chi connectivity index (χ0n) is 11.3. The van der Waals surface area contributed by atoms with Crippen LogP contribution in [0.15, 0.2) is 0 Å². The van der Waals surface area contributed by atoms with Crippen molar-refractivity contribution in [3.63, 3.8) is 0 Å². The molecule has 0 aliphatic heterocycles. The van der Waals surface area contributed by atoms with Crippen molar-refractivity contribution in [1.82, 2.24) is 4.90 Å². The third-order valence-electron chi connectivity index (χ3n) is 3.57. The molecule has 0 saturated heterocycles. The number of hydrogen-bond acceptors (Lipinski definition) is 2. The van der Waals surface area contributed by atoms with Crippen LogP contribution >= 0.6 is 0 Å². The maximum Gasteiger partial charge on any atom is 0.409 e. The molecule has 1 saturated carbocycles. The van der Waals surface area contributed by atoms with Crippen LogP contribution in [0.3, 0.4) is 0 Å². The summed E-state index contributed by atoms with van der Waals surface area (Å²) < 4.78 is 75.8. The lowest BCUT2D eigenvalue weighted by molar-refractivity contribution is -0.278. The van der Waals surface area contributed by atoms with Gasteiger partial charge in [0.15, 0.2) is 0 Å². The molecule has 1 fully saturated rings. The van der Waals surface area contributed by atoms with E-state index in [9.17, 15) is 31.1 Å². The van der Waals surface area contributed by atoms with Gasteiger partial charge in [0.2, 0.25) is 11.8 Å². The van der Waals surface area contributed by atoms with Gasteiger partial charge in [-0.3, -0.25) is 4.79 Å². The molecule has 0 aromatic carbocycles. The van der Waals surface area contributed by atoms with E-state index < -0.39 is 30.2 Å². The highest BCUT2D eigenvalue weighted by atomic mass is 19.4. The van der Waals surface area contributed by atoms with E-state index >= 15 is 0 Å². The molecular weight excluding hydrogens is 302 g/mol. The van der Waals surface area contributed by atoms with Crippen LogP contribution in [0.4, 0.5) is 26.3 Å². The Bertz CT molecular complexity index is 335. The molecule has 1 amide bonds. The lowest BCUT2D eigenvalue weighted by Gasteiger charge is -2.37. The number of alkyl halides is 6. The van der Waals surface area contributed by atoms with Gasteiger partial charge in [0.25, 0.3) is 0 Å². The highest BCUT2D eigenvalue weighted by Crippen LogP contribution is 2.41. The molecule has 124 valence electrons. The minimum absolute atomic E-state index is 0.176. The smallest absolute Gasteiger partial charge is 0.338 e. The summed E-state index contributed by atoms with van der Waals surface area (Å²) in [6.45, 7) is -0.475. The normalized spacial score (nSPS) is 18.1. The van der Waals surface area contributed by atoms with E-state index in [1.807, 2.05) is 0 Å². The summed E-state index contributed by atoms with van der Waals surface area (Å²) in [5.74, 6) is -5.91. The lowest BCUT2D eigenvalue weighted by atomic mass is 9.93. The standard InChI is InChI=1S/C12H18F6N2O/c13-11(14,15)9(12(16,17)18)10(21)20(7-6-19)8-4-2-1-3-5-8/h8-9H,1-7,19H2. The van der Waals surface area contributed by atoms with Crippen LogP contribution in [0.1, 0.15) is 32.1 Å². The number of carbonyl (C=O) groups is 1. The molecule has 0 unspecified atom stereocenters. The van der Waals surface area contributed by atoms with E-state index in [-0.39, 0.29) is 13.1 Å². The molecule has 0 spiro atoms. The number of nitrogens with zero attached hydrogens (tertiary/aromatic N) is 1. The molecule has 0 bridgehead atoms. The molecule has 0 heterocycles. The topological polar surface area (TPSA) is 46.3 Å². The Labute approximate surface area is 118 Å². The molecule has 3 nitrogen and oxygen atoms in total. The fourth-order valence-corrected chi connectivity index (χ4v) is 2.64. The molecule has 0 aromatic rings. The summed E-state index contributed by atoms with van der Waals surface area (Å²) >= 11 is 0. The molecule has 0 aromatic heterocycles. The van der Waals surface area contributed by atoms with Crippen LogP contribution in [-0.4, -0.2) is 42.3 Å². The van der Waals surface area contributed by atoms with Gasteiger partial charge in [0.05, 0.1) is 0 Å². The van der Waals surface area contributed by atoms with Gasteiger partial charge in [-0.2, -0.15) is 26.3 Å². The second kappa shape index (κ2) is 6.85. The number of amides is 1. The Morgan fingerprint density at radius 3 is 1.90 bits per heavy atom. The van der Waals surface area contributed by atoms with E-state index in [0.29, 0.717) is 30.6 Å². The lowest BCUT2D eigenvalue weighted by Crippen LogP contribution is -2.54. The third-order valence-corrected chi connectivity index (χ3v) is 3.57. The van der Waals surface area contributed by atoms with Gasteiger partial charge in [-0.05, 0) is 12.8 Å². The SMILES string of the molecule is NCCN(C(=O)C(C(F)(F)F)C(F)(F)F)C1CCCCC1. The largest absolute Gasteiger partial charge is 0.409 e. The Balaban J connectivity index is 3.01. The Morgan fingerprint density at radius 2 is 1.52 bits per heavy atom. The molecule has 1 aliphatic rings. The number of halogens is 6. The van der Waals surface area contributed by atoms with Crippen molar-refractivity contribution in [2.75, 3.05) is 13.1 Å². The van der Waals surface area contributed by atoms with Gasteiger partial charge < -0.3 is 10.6 Å². The van der Waals surface area contributed by atoms with Crippen LogP contribution in [0.2, 0.25) is 0 Å². The van der Waals surface area contributed by atoms with E-state index in [1.54, 1.807) is 0 Å². The Hall–Kier alpha value is -0.990. The predicted molar refractivity (Wildman–Crippen MR) is 63.2 cm³/mol. The fourth-order valence-electron chi connectivity index (χ4n) is 2.64. The van der Waals surface area contributed by atoms with Gasteiger partial charge >= 0.3 is 12.4 Å². The second-order valence-corrected chi connectivity index (χ2v) is 5.13. The predicted octanol–water partition coefficient (Wildman–Crippen LogP) is 2.85. The van der Waals surface area contributed by atoms with Crippen LogP contribution in [0.25, 0.3) is 0 Å². The summed E-state index contributed by atoms with van der Waals surface area (Å²) in [4.78, 5) is 12.5. The maximum atomic E-state index is 12.6. The minimum atomic E-state index is -5.66. The molecule has 1 rings (SSSR count). The minimum Gasteiger partial charge on any atom is -0.338 e. The Kier molecular flexibility index (Phi) is 5.89. The zero-order valence-corrected chi connectivity index (χ0v) is 11.3. The first-order chi connectivity index (χ1) is 9.59. The molecule has 2 N–H and O–H groups in total. The average molecular weight is 320 g/mol. The van der Waals surface area contributed by atoms with Gasteiger partial charge in [0.1, 0.15) is 0 Å². The van der Waals surface area contributed by atoms with Crippen LogP contribution in [0.5, 0.6) is 0 Å². The van der Waals surface area contributed by atoms with Crippen molar-refractivity contribution in [2.24, 2.45) is 11.7 Å². The van der Waals surface area contributed by atoms with E-state index in [4.69, 9.17) is 5.73 Å². The Morgan fingerprint density at radius 1 is 1.05 bits per heavy atom. The van der Waals surface area contributed by atoms with Gasteiger partial charge in [-0.1, -0.05) is 19.3 Å². The molecule has 0 atom stereocenters. The average Bonchev–Trinajstić information content (AvgIpc) is 2.33. The number of carbonyl (C=O) groups excluding carboxylic acids is 1. The van der Waals surface area contributed by atoms with Gasteiger partial charge in [-0.25, -0.2) is 0 Å². The molecule has 9 heteroatoms. The fraction of sp³-hybridized carbons (Fsp3) is 0.917. The number of rotatable bonds is 4.